The van der Waals surface area contributed by atoms with Crippen LogP contribution in [0.15, 0.2) is 85.2 Å². The van der Waals surface area contributed by atoms with E-state index < -0.39 is 6.04 Å². The fourth-order valence-electron chi connectivity index (χ4n) is 4.37. The smallest absolute Gasteiger partial charge is 0.269 e. The third kappa shape index (κ3) is 5.49. The molecule has 3 amide bonds. The van der Waals surface area contributed by atoms with E-state index in [1.165, 1.54) is 4.90 Å². The van der Waals surface area contributed by atoms with Gasteiger partial charge in [0.2, 0.25) is 0 Å². The summed E-state index contributed by atoms with van der Waals surface area (Å²) in [4.78, 5) is 43.9. The number of nitrogens with zero attached hydrogens (tertiary/aromatic N) is 2. The van der Waals surface area contributed by atoms with Crippen molar-refractivity contribution in [1.82, 2.24) is 26.1 Å². The number of carbonyl (C=O) groups excluding carboxylic acids is 3. The van der Waals surface area contributed by atoms with E-state index in [1.54, 1.807) is 54.9 Å². The standard InChI is InChI=1S/C28H22ClN5O3S/c29-21-5-3-4-17(12-21)13-22(16-34-26(36)23-6-1-2-7-24(23)27(34)37)31-28(38)33-32-25(35)19-8-9-20-15-30-11-10-18(20)14-19/h1-12,14-15,22H,13,16H2,(H,32,35)(H2,31,33,38). The van der Waals surface area contributed by atoms with Gasteiger partial charge >= 0.3 is 0 Å². The Balaban J connectivity index is 1.27. The normalized spacial score (nSPS) is 13.2. The molecule has 0 saturated heterocycles. The van der Waals surface area contributed by atoms with Crippen molar-refractivity contribution in [3.05, 3.63) is 112 Å². The van der Waals surface area contributed by atoms with E-state index in [4.69, 9.17) is 23.8 Å². The Morgan fingerprint density at radius 1 is 0.921 bits per heavy atom. The number of fused-ring (bicyclic) bond motifs is 2. The molecule has 0 spiro atoms. The van der Waals surface area contributed by atoms with Gasteiger partial charge in [0.25, 0.3) is 17.7 Å². The maximum absolute atomic E-state index is 12.9. The Kier molecular flexibility index (Phi) is 7.30. The molecule has 1 aliphatic rings. The van der Waals surface area contributed by atoms with E-state index in [0.717, 1.165) is 16.3 Å². The quantitative estimate of drug-likeness (QED) is 0.192. The van der Waals surface area contributed by atoms with E-state index in [0.29, 0.717) is 28.1 Å². The van der Waals surface area contributed by atoms with Crippen molar-refractivity contribution in [1.29, 1.82) is 0 Å². The number of hydrogen-bond donors (Lipinski definition) is 3. The van der Waals surface area contributed by atoms with Gasteiger partial charge in [-0.1, -0.05) is 41.9 Å². The molecule has 1 atom stereocenters. The first-order valence-corrected chi connectivity index (χ1v) is 12.6. The Bertz CT molecular complexity index is 1540. The van der Waals surface area contributed by atoms with E-state index >= 15 is 0 Å². The second-order valence-electron chi connectivity index (χ2n) is 8.79. The summed E-state index contributed by atoms with van der Waals surface area (Å²) >= 11 is 11.6. The van der Waals surface area contributed by atoms with Crippen LogP contribution in [0.1, 0.15) is 36.6 Å². The molecule has 10 heteroatoms. The van der Waals surface area contributed by atoms with Crippen LogP contribution in [0.25, 0.3) is 10.8 Å². The van der Waals surface area contributed by atoms with Crippen LogP contribution >= 0.6 is 23.8 Å². The summed E-state index contributed by atoms with van der Waals surface area (Å²) in [5, 5.41) is 5.63. The molecule has 3 N–H and O–H groups in total. The molecular formula is C28H22ClN5O3S. The molecule has 8 nitrogen and oxygen atoms in total. The molecule has 0 bridgehead atoms. The molecule has 190 valence electrons. The van der Waals surface area contributed by atoms with Crippen LogP contribution < -0.4 is 16.2 Å². The van der Waals surface area contributed by atoms with Gasteiger partial charge in [0.05, 0.1) is 17.2 Å². The first kappa shape index (κ1) is 25.3. The maximum Gasteiger partial charge on any atom is 0.269 e. The molecule has 0 aliphatic carbocycles. The number of hydrogen-bond acceptors (Lipinski definition) is 5. The Hall–Kier alpha value is -4.34. The number of carbonyl (C=O) groups is 3. The van der Waals surface area contributed by atoms with Crippen molar-refractivity contribution in [3.8, 4) is 0 Å². The lowest BCUT2D eigenvalue weighted by Gasteiger charge is -2.25. The second-order valence-corrected chi connectivity index (χ2v) is 9.63. The zero-order valence-electron chi connectivity index (χ0n) is 20.0. The summed E-state index contributed by atoms with van der Waals surface area (Å²) in [5.74, 6) is -1.09. The summed E-state index contributed by atoms with van der Waals surface area (Å²) in [7, 11) is 0. The van der Waals surface area contributed by atoms with Crippen LogP contribution in [0.3, 0.4) is 0 Å². The predicted molar refractivity (Wildman–Crippen MR) is 149 cm³/mol. The lowest BCUT2D eigenvalue weighted by atomic mass is 10.1. The van der Waals surface area contributed by atoms with Gasteiger partial charge in [-0.05, 0) is 72.1 Å². The molecule has 1 unspecified atom stereocenters. The first-order chi connectivity index (χ1) is 18.4. The molecule has 38 heavy (non-hydrogen) atoms. The molecular weight excluding hydrogens is 522 g/mol. The SMILES string of the molecule is O=C(NNC(=S)NC(Cc1cccc(Cl)c1)CN1C(=O)c2ccccc2C1=O)c1ccc2cnccc2c1. The number of thiocarbonyl (C=S) groups is 1. The number of halogens is 1. The minimum Gasteiger partial charge on any atom is -0.356 e. The largest absolute Gasteiger partial charge is 0.356 e. The molecule has 3 aromatic carbocycles. The molecule has 2 heterocycles. The summed E-state index contributed by atoms with van der Waals surface area (Å²) < 4.78 is 0. The average molecular weight is 544 g/mol. The molecule has 0 radical (unpaired) electrons. The fraction of sp³-hybridized carbons (Fsp3) is 0.107. The van der Waals surface area contributed by atoms with Crippen LogP contribution in [0.5, 0.6) is 0 Å². The lowest BCUT2D eigenvalue weighted by Crippen LogP contribution is -2.53. The predicted octanol–water partition coefficient (Wildman–Crippen LogP) is 3.90. The summed E-state index contributed by atoms with van der Waals surface area (Å²) in [5.41, 5.74) is 7.39. The number of nitrogens with one attached hydrogen (secondary N) is 3. The highest BCUT2D eigenvalue weighted by Crippen LogP contribution is 2.23. The number of amides is 3. The van der Waals surface area contributed by atoms with Gasteiger partial charge in [0, 0.05) is 34.9 Å². The summed E-state index contributed by atoms with van der Waals surface area (Å²) in [6, 6.07) is 20.7. The monoisotopic (exact) mass is 543 g/mol. The van der Waals surface area contributed by atoms with E-state index in [1.807, 2.05) is 30.3 Å². The van der Waals surface area contributed by atoms with Gasteiger partial charge in [-0.3, -0.25) is 35.1 Å². The van der Waals surface area contributed by atoms with Gasteiger partial charge in [-0.2, -0.15) is 0 Å². The van der Waals surface area contributed by atoms with Crippen molar-refractivity contribution >= 4 is 57.4 Å². The zero-order chi connectivity index (χ0) is 26.6. The highest BCUT2D eigenvalue weighted by Gasteiger charge is 2.36. The number of pyridine rings is 1. The van der Waals surface area contributed by atoms with E-state index in [-0.39, 0.29) is 29.4 Å². The van der Waals surface area contributed by atoms with E-state index in [9.17, 15) is 14.4 Å². The third-order valence-electron chi connectivity index (χ3n) is 6.18. The number of hydrazine groups is 1. The number of rotatable bonds is 6. The molecule has 0 saturated carbocycles. The Labute approximate surface area is 229 Å². The molecule has 1 aromatic heterocycles. The zero-order valence-corrected chi connectivity index (χ0v) is 21.6. The van der Waals surface area contributed by atoms with Gasteiger partial charge in [-0.25, -0.2) is 0 Å². The molecule has 0 fully saturated rings. The number of imide groups is 1. The van der Waals surface area contributed by atoms with Gasteiger partial charge in [0.1, 0.15) is 0 Å². The van der Waals surface area contributed by atoms with Crippen LogP contribution in [-0.4, -0.2) is 45.3 Å². The maximum atomic E-state index is 12.9. The number of benzene rings is 3. The van der Waals surface area contributed by atoms with Crippen molar-refractivity contribution in [2.45, 2.75) is 12.5 Å². The highest BCUT2D eigenvalue weighted by molar-refractivity contribution is 7.80. The van der Waals surface area contributed by atoms with Crippen LogP contribution in [0.2, 0.25) is 5.02 Å². The average Bonchev–Trinajstić information content (AvgIpc) is 3.16. The van der Waals surface area contributed by atoms with Crippen molar-refractivity contribution in [3.63, 3.8) is 0 Å². The van der Waals surface area contributed by atoms with Gasteiger partial charge in [-0.15, -0.1) is 0 Å². The molecule has 5 rings (SSSR count). The highest BCUT2D eigenvalue weighted by atomic mass is 35.5. The van der Waals surface area contributed by atoms with Gasteiger partial charge in [0.15, 0.2) is 5.11 Å². The topological polar surface area (TPSA) is 103 Å². The Morgan fingerprint density at radius 3 is 2.42 bits per heavy atom. The van der Waals surface area contributed by atoms with Gasteiger partial charge < -0.3 is 5.32 Å². The molecule has 1 aliphatic heterocycles. The lowest BCUT2D eigenvalue weighted by molar-refractivity contribution is 0.0641. The number of aromatic nitrogens is 1. The third-order valence-corrected chi connectivity index (χ3v) is 6.63. The van der Waals surface area contributed by atoms with Crippen molar-refractivity contribution in [2.24, 2.45) is 0 Å². The van der Waals surface area contributed by atoms with Crippen LogP contribution in [0, 0.1) is 0 Å². The van der Waals surface area contributed by atoms with Crippen LogP contribution in [-0.2, 0) is 6.42 Å². The molecule has 4 aromatic rings. The van der Waals surface area contributed by atoms with E-state index in [2.05, 4.69) is 21.2 Å². The van der Waals surface area contributed by atoms with Crippen molar-refractivity contribution < 1.29 is 14.4 Å². The Morgan fingerprint density at radius 2 is 1.68 bits per heavy atom. The minimum absolute atomic E-state index is 0.0628. The van der Waals surface area contributed by atoms with Crippen LogP contribution in [0.4, 0.5) is 0 Å². The summed E-state index contributed by atoms with van der Waals surface area (Å²) in [6.07, 6.45) is 3.81. The van der Waals surface area contributed by atoms with Crippen molar-refractivity contribution in [2.75, 3.05) is 6.54 Å². The summed E-state index contributed by atoms with van der Waals surface area (Å²) in [6.45, 7) is 0.0628. The fourth-order valence-corrected chi connectivity index (χ4v) is 4.80. The second kappa shape index (κ2) is 11.0. The first-order valence-electron chi connectivity index (χ1n) is 11.8. The minimum atomic E-state index is -0.458.